The highest BCUT2D eigenvalue weighted by Gasteiger charge is 2.60. The van der Waals surface area contributed by atoms with E-state index in [1.807, 2.05) is 6.92 Å². The summed E-state index contributed by atoms with van der Waals surface area (Å²) in [6, 6.07) is 0. The molecule has 0 bridgehead atoms. The first-order valence-electron chi connectivity index (χ1n) is 11.3. The van der Waals surface area contributed by atoms with E-state index in [1.54, 1.807) is 0 Å². The average Bonchev–Trinajstić information content (AvgIpc) is 2.61. The Kier molecular flexibility index (Phi) is 10.4. The first-order valence-corrected chi connectivity index (χ1v) is 11.3. The van der Waals surface area contributed by atoms with Crippen molar-refractivity contribution >= 4 is 11.9 Å². The van der Waals surface area contributed by atoms with E-state index >= 15 is 0 Å². The Morgan fingerprint density at radius 2 is 1.22 bits per heavy atom. The van der Waals surface area contributed by atoms with Crippen LogP contribution in [0.1, 0.15) is 117 Å². The van der Waals surface area contributed by atoms with Gasteiger partial charge in [0.1, 0.15) is 0 Å². The van der Waals surface area contributed by atoms with Crippen LogP contribution in [0.5, 0.6) is 0 Å². The van der Waals surface area contributed by atoms with Crippen molar-refractivity contribution in [1.82, 2.24) is 0 Å². The third kappa shape index (κ3) is 6.22. The normalized spacial score (nSPS) is 25.6. The average molecular weight is 383 g/mol. The Morgan fingerprint density at radius 1 is 0.778 bits per heavy atom. The van der Waals surface area contributed by atoms with Crippen LogP contribution in [0.4, 0.5) is 0 Å². The lowest BCUT2D eigenvalue weighted by atomic mass is 9.52. The van der Waals surface area contributed by atoms with Crippen LogP contribution >= 0.6 is 0 Å². The minimum Gasteiger partial charge on any atom is -0.481 e. The van der Waals surface area contributed by atoms with Gasteiger partial charge in [0.25, 0.3) is 0 Å². The highest BCUT2D eigenvalue weighted by molar-refractivity contribution is 5.87. The van der Waals surface area contributed by atoms with Gasteiger partial charge in [-0.15, -0.1) is 0 Å². The molecule has 0 saturated heterocycles. The topological polar surface area (TPSA) is 74.6 Å². The number of rotatable bonds is 14. The molecule has 1 rings (SSSR count). The zero-order valence-corrected chi connectivity index (χ0v) is 17.9. The van der Waals surface area contributed by atoms with E-state index in [9.17, 15) is 19.8 Å². The smallest absolute Gasteiger partial charge is 0.310 e. The number of hydrogen-bond acceptors (Lipinski definition) is 2. The van der Waals surface area contributed by atoms with Crippen molar-refractivity contribution in [1.29, 1.82) is 0 Å². The Labute approximate surface area is 166 Å². The minimum absolute atomic E-state index is 0.477. The molecule has 27 heavy (non-hydrogen) atoms. The van der Waals surface area contributed by atoms with Crippen molar-refractivity contribution in [3.63, 3.8) is 0 Å². The molecule has 2 unspecified atom stereocenters. The van der Waals surface area contributed by atoms with E-state index in [4.69, 9.17) is 0 Å². The molecule has 4 heteroatoms. The van der Waals surface area contributed by atoms with E-state index < -0.39 is 22.8 Å². The van der Waals surface area contributed by atoms with Gasteiger partial charge >= 0.3 is 11.9 Å². The van der Waals surface area contributed by atoms with Crippen molar-refractivity contribution in [3.8, 4) is 0 Å². The van der Waals surface area contributed by atoms with E-state index in [1.165, 1.54) is 32.1 Å². The number of carboxylic acids is 2. The Bertz CT molecular complexity index is 455. The van der Waals surface area contributed by atoms with Crippen LogP contribution in [-0.2, 0) is 9.59 Å². The maximum Gasteiger partial charge on any atom is 0.310 e. The molecule has 4 nitrogen and oxygen atoms in total. The standard InChI is InChI=1S/C23H42O4/c1-4-15-22(20(24)25)17-12-13-18-23(22,21(26)27)16-11-9-7-5-6-8-10-14-19(2)3/h19H,4-18H2,1-3H3,(H,24,25)(H,26,27). The molecule has 2 atom stereocenters. The lowest BCUT2D eigenvalue weighted by molar-refractivity contribution is -0.182. The van der Waals surface area contributed by atoms with E-state index in [-0.39, 0.29) is 0 Å². The SMILES string of the molecule is CCCC1(C(=O)O)CCCCC1(CCCCCCCCCC(C)C)C(=O)O. The fraction of sp³-hybridized carbons (Fsp3) is 0.913. The van der Waals surface area contributed by atoms with Crippen LogP contribution in [0.2, 0.25) is 0 Å². The number of carboxylic acid groups (broad SMARTS) is 2. The van der Waals surface area contributed by atoms with Gasteiger partial charge in [-0.3, -0.25) is 9.59 Å². The van der Waals surface area contributed by atoms with Crippen molar-refractivity contribution in [2.24, 2.45) is 16.7 Å². The van der Waals surface area contributed by atoms with Gasteiger partial charge < -0.3 is 10.2 Å². The molecule has 0 aromatic carbocycles. The molecule has 0 heterocycles. The second-order valence-corrected chi connectivity index (χ2v) is 9.14. The van der Waals surface area contributed by atoms with Crippen molar-refractivity contribution in [2.75, 3.05) is 0 Å². The van der Waals surface area contributed by atoms with E-state index in [2.05, 4.69) is 13.8 Å². The molecule has 0 aromatic heterocycles. The molecule has 0 aliphatic heterocycles. The lowest BCUT2D eigenvalue weighted by Gasteiger charge is -2.48. The molecule has 158 valence electrons. The van der Waals surface area contributed by atoms with Crippen LogP contribution in [0, 0.1) is 16.7 Å². The molecule has 1 saturated carbocycles. The summed E-state index contributed by atoms with van der Waals surface area (Å²) in [4.78, 5) is 24.5. The van der Waals surface area contributed by atoms with Crippen LogP contribution < -0.4 is 0 Å². The van der Waals surface area contributed by atoms with Gasteiger partial charge in [0, 0.05) is 0 Å². The van der Waals surface area contributed by atoms with Gasteiger partial charge in [-0.25, -0.2) is 0 Å². The second kappa shape index (κ2) is 11.7. The summed E-state index contributed by atoms with van der Waals surface area (Å²) in [7, 11) is 0. The van der Waals surface area contributed by atoms with Gasteiger partial charge in [0.15, 0.2) is 0 Å². The van der Waals surface area contributed by atoms with Crippen LogP contribution in [-0.4, -0.2) is 22.2 Å². The number of unbranched alkanes of at least 4 members (excludes halogenated alkanes) is 6. The third-order valence-corrected chi connectivity index (χ3v) is 6.75. The predicted molar refractivity (Wildman–Crippen MR) is 110 cm³/mol. The largest absolute Gasteiger partial charge is 0.481 e. The highest BCUT2D eigenvalue weighted by atomic mass is 16.4. The number of carbonyl (C=O) groups is 2. The highest BCUT2D eigenvalue weighted by Crippen LogP contribution is 2.56. The minimum atomic E-state index is -1.08. The van der Waals surface area contributed by atoms with Gasteiger partial charge in [-0.2, -0.15) is 0 Å². The van der Waals surface area contributed by atoms with Crippen LogP contribution in [0.25, 0.3) is 0 Å². The maximum absolute atomic E-state index is 12.3. The zero-order valence-electron chi connectivity index (χ0n) is 17.9. The van der Waals surface area contributed by atoms with Crippen LogP contribution in [0.15, 0.2) is 0 Å². The monoisotopic (exact) mass is 382 g/mol. The molecule has 1 aliphatic carbocycles. The fourth-order valence-corrected chi connectivity index (χ4v) is 5.19. The molecular weight excluding hydrogens is 340 g/mol. The summed E-state index contributed by atoms with van der Waals surface area (Å²) >= 11 is 0. The quantitative estimate of drug-likeness (QED) is 0.329. The summed E-state index contributed by atoms with van der Waals surface area (Å²) in [6.45, 7) is 6.49. The number of aliphatic carboxylic acids is 2. The Balaban J connectivity index is 2.56. The summed E-state index contributed by atoms with van der Waals surface area (Å²) in [5.74, 6) is -0.992. The molecule has 0 aromatic rings. The molecule has 2 N–H and O–H groups in total. The predicted octanol–water partition coefficient (Wildman–Crippen LogP) is 6.67. The van der Waals surface area contributed by atoms with Crippen molar-refractivity contribution in [2.45, 2.75) is 117 Å². The third-order valence-electron chi connectivity index (χ3n) is 6.75. The van der Waals surface area contributed by atoms with E-state index in [0.717, 1.165) is 44.4 Å². The first-order chi connectivity index (χ1) is 12.8. The van der Waals surface area contributed by atoms with Crippen molar-refractivity contribution < 1.29 is 19.8 Å². The molecule has 0 amide bonds. The fourth-order valence-electron chi connectivity index (χ4n) is 5.19. The van der Waals surface area contributed by atoms with Gasteiger partial charge in [0.2, 0.25) is 0 Å². The van der Waals surface area contributed by atoms with Gasteiger partial charge in [-0.05, 0) is 31.6 Å². The molecule has 1 aliphatic rings. The van der Waals surface area contributed by atoms with Crippen molar-refractivity contribution in [3.05, 3.63) is 0 Å². The Hall–Kier alpha value is -1.06. The molecule has 0 radical (unpaired) electrons. The lowest BCUT2D eigenvalue weighted by Crippen LogP contribution is -2.54. The summed E-state index contributed by atoms with van der Waals surface area (Å²) in [6.07, 6.45) is 13.7. The zero-order chi connectivity index (χ0) is 20.3. The second-order valence-electron chi connectivity index (χ2n) is 9.14. The summed E-state index contributed by atoms with van der Waals surface area (Å²) in [5, 5.41) is 20.1. The molecule has 0 spiro atoms. The molecule has 1 fully saturated rings. The van der Waals surface area contributed by atoms with Gasteiger partial charge in [-0.1, -0.05) is 91.4 Å². The maximum atomic E-state index is 12.3. The first kappa shape index (κ1) is 24.0. The van der Waals surface area contributed by atoms with E-state index in [0.29, 0.717) is 25.7 Å². The summed E-state index contributed by atoms with van der Waals surface area (Å²) in [5.41, 5.74) is -2.16. The molecular formula is C23H42O4. The Morgan fingerprint density at radius 3 is 1.67 bits per heavy atom. The van der Waals surface area contributed by atoms with Gasteiger partial charge in [0.05, 0.1) is 10.8 Å². The number of hydrogen-bond donors (Lipinski definition) is 2. The van der Waals surface area contributed by atoms with Crippen LogP contribution in [0.3, 0.4) is 0 Å². The summed E-state index contributed by atoms with van der Waals surface area (Å²) < 4.78 is 0.